The third kappa shape index (κ3) is 1.42. The van der Waals surface area contributed by atoms with Gasteiger partial charge in [-0.3, -0.25) is 4.98 Å². The second-order valence-corrected chi connectivity index (χ2v) is 3.52. The lowest BCUT2D eigenvalue weighted by Crippen LogP contribution is -1.86. The average Bonchev–Trinajstić information content (AvgIpc) is 2.23. The van der Waals surface area contributed by atoms with Gasteiger partial charge in [0, 0.05) is 11.6 Å². The SMILES string of the molecule is COc1ccc2ncc(C)c(Cl)c2c1. The van der Waals surface area contributed by atoms with Crippen LogP contribution in [0.1, 0.15) is 5.56 Å². The van der Waals surface area contributed by atoms with E-state index in [0.717, 1.165) is 27.2 Å². The standard InChI is InChI=1S/C11H10ClNO/c1-7-6-13-10-4-3-8(14-2)5-9(10)11(7)12/h3-6H,1-2H3. The Kier molecular flexibility index (Phi) is 2.30. The van der Waals surface area contributed by atoms with E-state index >= 15 is 0 Å². The van der Waals surface area contributed by atoms with Crippen molar-refractivity contribution in [2.75, 3.05) is 7.11 Å². The molecule has 14 heavy (non-hydrogen) atoms. The molecule has 0 bridgehead atoms. The van der Waals surface area contributed by atoms with Gasteiger partial charge in [0.05, 0.1) is 17.6 Å². The van der Waals surface area contributed by atoms with Crippen molar-refractivity contribution in [1.29, 1.82) is 0 Å². The van der Waals surface area contributed by atoms with Gasteiger partial charge in [0.25, 0.3) is 0 Å². The summed E-state index contributed by atoms with van der Waals surface area (Å²) in [6.45, 7) is 1.94. The molecule has 1 aromatic heterocycles. The Balaban J connectivity index is 2.78. The first-order valence-corrected chi connectivity index (χ1v) is 4.69. The molecule has 0 spiro atoms. The lowest BCUT2D eigenvalue weighted by molar-refractivity contribution is 0.415. The molecule has 1 heterocycles. The summed E-state index contributed by atoms with van der Waals surface area (Å²) in [5, 5.41) is 1.68. The Morgan fingerprint density at radius 1 is 1.36 bits per heavy atom. The number of aryl methyl sites for hydroxylation is 1. The van der Waals surface area contributed by atoms with Gasteiger partial charge >= 0.3 is 0 Å². The minimum absolute atomic E-state index is 0.744. The van der Waals surface area contributed by atoms with Gasteiger partial charge in [0.1, 0.15) is 5.75 Å². The first-order valence-electron chi connectivity index (χ1n) is 4.31. The fraction of sp³-hybridized carbons (Fsp3) is 0.182. The van der Waals surface area contributed by atoms with E-state index in [0.29, 0.717) is 0 Å². The van der Waals surface area contributed by atoms with Gasteiger partial charge in [-0.05, 0) is 30.7 Å². The zero-order chi connectivity index (χ0) is 10.1. The van der Waals surface area contributed by atoms with Crippen molar-refractivity contribution in [1.82, 2.24) is 4.98 Å². The molecular weight excluding hydrogens is 198 g/mol. The van der Waals surface area contributed by atoms with Crippen molar-refractivity contribution in [2.24, 2.45) is 0 Å². The topological polar surface area (TPSA) is 22.1 Å². The van der Waals surface area contributed by atoms with Crippen molar-refractivity contribution < 1.29 is 4.74 Å². The molecule has 0 radical (unpaired) electrons. The molecule has 0 atom stereocenters. The van der Waals surface area contributed by atoms with Crippen LogP contribution in [0.5, 0.6) is 5.75 Å². The van der Waals surface area contributed by atoms with Crippen LogP contribution in [0.3, 0.4) is 0 Å². The Hall–Kier alpha value is -1.28. The van der Waals surface area contributed by atoms with E-state index < -0.39 is 0 Å². The van der Waals surface area contributed by atoms with Gasteiger partial charge in [-0.25, -0.2) is 0 Å². The molecule has 3 heteroatoms. The van der Waals surface area contributed by atoms with Crippen molar-refractivity contribution in [3.05, 3.63) is 35.0 Å². The van der Waals surface area contributed by atoms with Crippen LogP contribution in [0.2, 0.25) is 5.02 Å². The first-order chi connectivity index (χ1) is 6.72. The number of fused-ring (bicyclic) bond motifs is 1. The minimum atomic E-state index is 0.744. The summed E-state index contributed by atoms with van der Waals surface area (Å²) in [5.41, 5.74) is 1.87. The molecule has 0 saturated heterocycles. The smallest absolute Gasteiger partial charge is 0.119 e. The predicted molar refractivity (Wildman–Crippen MR) is 58.0 cm³/mol. The van der Waals surface area contributed by atoms with Gasteiger partial charge in [0.15, 0.2) is 0 Å². The molecule has 0 saturated carbocycles. The number of nitrogens with zero attached hydrogens (tertiary/aromatic N) is 1. The second-order valence-electron chi connectivity index (χ2n) is 3.14. The van der Waals surface area contributed by atoms with Crippen LogP contribution in [-0.4, -0.2) is 12.1 Å². The summed E-state index contributed by atoms with van der Waals surface area (Å²) in [6, 6.07) is 5.68. The summed E-state index contributed by atoms with van der Waals surface area (Å²) in [5.74, 6) is 0.798. The van der Waals surface area contributed by atoms with Crippen LogP contribution >= 0.6 is 11.6 Å². The number of hydrogen-bond donors (Lipinski definition) is 0. The monoisotopic (exact) mass is 207 g/mol. The van der Waals surface area contributed by atoms with Gasteiger partial charge in [-0.15, -0.1) is 0 Å². The van der Waals surface area contributed by atoms with Crippen molar-refractivity contribution in [2.45, 2.75) is 6.92 Å². The van der Waals surface area contributed by atoms with E-state index in [1.807, 2.05) is 25.1 Å². The van der Waals surface area contributed by atoms with E-state index in [-0.39, 0.29) is 0 Å². The number of halogens is 1. The highest BCUT2D eigenvalue weighted by atomic mass is 35.5. The Morgan fingerprint density at radius 2 is 2.14 bits per heavy atom. The zero-order valence-electron chi connectivity index (χ0n) is 8.04. The maximum Gasteiger partial charge on any atom is 0.119 e. The number of methoxy groups -OCH3 is 1. The van der Waals surface area contributed by atoms with Crippen LogP contribution in [0.15, 0.2) is 24.4 Å². The summed E-state index contributed by atoms with van der Waals surface area (Å²) in [6.07, 6.45) is 1.77. The van der Waals surface area contributed by atoms with Crippen molar-refractivity contribution >= 4 is 22.5 Å². The maximum atomic E-state index is 6.16. The highest BCUT2D eigenvalue weighted by Gasteiger charge is 2.04. The number of rotatable bonds is 1. The van der Waals surface area contributed by atoms with E-state index in [2.05, 4.69) is 4.98 Å². The van der Waals surface area contributed by atoms with Crippen LogP contribution < -0.4 is 4.74 Å². The molecule has 0 N–H and O–H groups in total. The largest absolute Gasteiger partial charge is 0.497 e. The molecule has 2 aromatic rings. The Morgan fingerprint density at radius 3 is 2.86 bits per heavy atom. The third-order valence-corrected chi connectivity index (χ3v) is 2.69. The van der Waals surface area contributed by atoms with Crippen LogP contribution in [0.25, 0.3) is 10.9 Å². The summed E-state index contributed by atoms with van der Waals surface area (Å²) >= 11 is 6.16. The van der Waals surface area contributed by atoms with Gasteiger partial charge in [-0.2, -0.15) is 0 Å². The molecular formula is C11H10ClNO. The summed E-state index contributed by atoms with van der Waals surface area (Å²) < 4.78 is 5.13. The highest BCUT2D eigenvalue weighted by Crippen LogP contribution is 2.28. The number of pyridine rings is 1. The van der Waals surface area contributed by atoms with Gasteiger partial charge in [0.2, 0.25) is 0 Å². The highest BCUT2D eigenvalue weighted by molar-refractivity contribution is 6.36. The third-order valence-electron chi connectivity index (χ3n) is 2.18. The van der Waals surface area contributed by atoms with Gasteiger partial charge < -0.3 is 4.74 Å². The van der Waals surface area contributed by atoms with E-state index in [1.165, 1.54) is 0 Å². The molecule has 0 amide bonds. The summed E-state index contributed by atoms with van der Waals surface area (Å²) in [4.78, 5) is 4.28. The lowest BCUT2D eigenvalue weighted by atomic mass is 10.1. The molecule has 2 rings (SSSR count). The fourth-order valence-corrected chi connectivity index (χ4v) is 1.57. The fourth-order valence-electron chi connectivity index (χ4n) is 1.37. The molecule has 72 valence electrons. The summed E-state index contributed by atoms with van der Waals surface area (Å²) in [7, 11) is 1.64. The van der Waals surface area contributed by atoms with E-state index in [4.69, 9.17) is 16.3 Å². The first kappa shape index (κ1) is 9.28. The molecule has 2 nitrogen and oxygen atoms in total. The predicted octanol–water partition coefficient (Wildman–Crippen LogP) is 3.21. The normalized spacial score (nSPS) is 10.5. The van der Waals surface area contributed by atoms with Gasteiger partial charge in [-0.1, -0.05) is 11.6 Å². The Bertz CT molecular complexity index is 482. The molecule has 0 aliphatic carbocycles. The molecule has 0 fully saturated rings. The maximum absolute atomic E-state index is 6.16. The number of benzene rings is 1. The molecule has 0 unspecified atom stereocenters. The second kappa shape index (κ2) is 3.46. The van der Waals surface area contributed by atoms with Crippen molar-refractivity contribution in [3.8, 4) is 5.75 Å². The Labute approximate surface area is 87.5 Å². The van der Waals surface area contributed by atoms with Crippen LogP contribution in [0.4, 0.5) is 0 Å². The number of hydrogen-bond acceptors (Lipinski definition) is 2. The molecule has 0 aliphatic rings. The van der Waals surface area contributed by atoms with E-state index in [9.17, 15) is 0 Å². The minimum Gasteiger partial charge on any atom is -0.497 e. The zero-order valence-corrected chi connectivity index (χ0v) is 8.80. The quantitative estimate of drug-likeness (QED) is 0.717. The number of aromatic nitrogens is 1. The number of ether oxygens (including phenoxy) is 1. The van der Waals surface area contributed by atoms with E-state index in [1.54, 1.807) is 13.3 Å². The van der Waals surface area contributed by atoms with Crippen molar-refractivity contribution in [3.63, 3.8) is 0 Å². The van der Waals surface area contributed by atoms with Crippen LogP contribution in [0, 0.1) is 6.92 Å². The molecule has 0 aliphatic heterocycles. The molecule has 1 aromatic carbocycles. The lowest BCUT2D eigenvalue weighted by Gasteiger charge is -2.05. The van der Waals surface area contributed by atoms with Crippen LogP contribution in [-0.2, 0) is 0 Å². The average molecular weight is 208 g/mol.